The van der Waals surface area contributed by atoms with Gasteiger partial charge in [-0.3, -0.25) is 10.1 Å². The SMILES string of the molecule is O=C(COc1ccc2c(c1)CCCC2)Nc1ncc(Cc2cccc(Cl)c2)s1. The zero-order valence-corrected chi connectivity index (χ0v) is 17.0. The largest absolute Gasteiger partial charge is 0.484 e. The topological polar surface area (TPSA) is 51.2 Å². The molecular formula is C22H21ClN2O2S. The number of anilines is 1. The van der Waals surface area contributed by atoms with Gasteiger partial charge in [0.1, 0.15) is 5.75 Å². The van der Waals surface area contributed by atoms with E-state index in [4.69, 9.17) is 16.3 Å². The van der Waals surface area contributed by atoms with E-state index >= 15 is 0 Å². The number of amides is 1. The van der Waals surface area contributed by atoms with E-state index in [9.17, 15) is 4.79 Å². The highest BCUT2D eigenvalue weighted by molar-refractivity contribution is 7.15. The van der Waals surface area contributed by atoms with Crippen molar-refractivity contribution in [1.82, 2.24) is 4.98 Å². The van der Waals surface area contributed by atoms with Gasteiger partial charge in [0, 0.05) is 22.5 Å². The van der Waals surface area contributed by atoms with Crippen molar-refractivity contribution >= 4 is 34.0 Å². The maximum absolute atomic E-state index is 12.2. The van der Waals surface area contributed by atoms with Crippen LogP contribution in [0.25, 0.3) is 0 Å². The van der Waals surface area contributed by atoms with Gasteiger partial charge in [-0.15, -0.1) is 11.3 Å². The van der Waals surface area contributed by atoms with Gasteiger partial charge in [-0.25, -0.2) is 4.98 Å². The summed E-state index contributed by atoms with van der Waals surface area (Å²) in [6.07, 6.45) is 7.22. The molecule has 0 radical (unpaired) electrons. The van der Waals surface area contributed by atoms with Gasteiger partial charge in [-0.2, -0.15) is 0 Å². The number of aryl methyl sites for hydroxylation is 2. The van der Waals surface area contributed by atoms with Crippen LogP contribution in [0.5, 0.6) is 5.75 Å². The molecule has 0 atom stereocenters. The van der Waals surface area contributed by atoms with Crippen LogP contribution in [0.4, 0.5) is 5.13 Å². The molecule has 3 aromatic rings. The second-order valence-electron chi connectivity index (χ2n) is 6.91. The first kappa shape index (κ1) is 19.0. The second kappa shape index (κ2) is 8.76. The maximum Gasteiger partial charge on any atom is 0.264 e. The van der Waals surface area contributed by atoms with Gasteiger partial charge in [0.2, 0.25) is 0 Å². The summed E-state index contributed by atoms with van der Waals surface area (Å²) < 4.78 is 5.67. The van der Waals surface area contributed by atoms with Crippen LogP contribution in [0.3, 0.4) is 0 Å². The van der Waals surface area contributed by atoms with Gasteiger partial charge in [0.25, 0.3) is 5.91 Å². The summed E-state index contributed by atoms with van der Waals surface area (Å²) in [6.45, 7) is -0.0258. The van der Waals surface area contributed by atoms with Crippen molar-refractivity contribution in [2.45, 2.75) is 32.1 Å². The van der Waals surface area contributed by atoms with Crippen LogP contribution in [0.1, 0.15) is 34.4 Å². The number of halogens is 1. The summed E-state index contributed by atoms with van der Waals surface area (Å²) in [4.78, 5) is 17.5. The molecule has 0 spiro atoms. The van der Waals surface area contributed by atoms with Gasteiger partial charge in [-0.05, 0) is 66.6 Å². The number of ether oxygens (including phenoxy) is 1. The third kappa shape index (κ3) is 4.91. The summed E-state index contributed by atoms with van der Waals surface area (Å²) >= 11 is 7.49. The van der Waals surface area contributed by atoms with E-state index in [2.05, 4.69) is 22.4 Å². The molecule has 0 fully saturated rings. The molecule has 4 nitrogen and oxygen atoms in total. The zero-order chi connectivity index (χ0) is 19.3. The van der Waals surface area contributed by atoms with Crippen LogP contribution >= 0.6 is 22.9 Å². The Hall–Kier alpha value is -2.37. The van der Waals surface area contributed by atoms with E-state index in [1.807, 2.05) is 30.3 Å². The van der Waals surface area contributed by atoms with Crippen LogP contribution in [0, 0.1) is 0 Å². The summed E-state index contributed by atoms with van der Waals surface area (Å²) in [6, 6.07) is 13.9. The number of fused-ring (bicyclic) bond motifs is 1. The summed E-state index contributed by atoms with van der Waals surface area (Å²) in [5.41, 5.74) is 3.86. The van der Waals surface area contributed by atoms with Gasteiger partial charge in [0.15, 0.2) is 11.7 Å². The Morgan fingerprint density at radius 2 is 2.00 bits per heavy atom. The molecule has 144 valence electrons. The Labute approximate surface area is 173 Å². The first-order chi connectivity index (χ1) is 13.7. The van der Waals surface area contributed by atoms with Gasteiger partial charge in [-0.1, -0.05) is 29.8 Å². The van der Waals surface area contributed by atoms with E-state index in [0.29, 0.717) is 5.13 Å². The lowest BCUT2D eigenvalue weighted by Crippen LogP contribution is -2.20. The molecule has 0 saturated heterocycles. The fourth-order valence-electron chi connectivity index (χ4n) is 3.40. The van der Waals surface area contributed by atoms with Crippen molar-refractivity contribution in [3.8, 4) is 5.75 Å². The number of hydrogen-bond donors (Lipinski definition) is 1. The average molecular weight is 413 g/mol. The van der Waals surface area contributed by atoms with Crippen LogP contribution in [-0.4, -0.2) is 17.5 Å². The average Bonchev–Trinajstić information content (AvgIpc) is 3.13. The third-order valence-electron chi connectivity index (χ3n) is 4.76. The Bertz CT molecular complexity index is 986. The van der Waals surface area contributed by atoms with Crippen molar-refractivity contribution in [3.05, 3.63) is 75.3 Å². The van der Waals surface area contributed by atoms with Crippen molar-refractivity contribution in [1.29, 1.82) is 0 Å². The van der Waals surface area contributed by atoms with Gasteiger partial charge in [0.05, 0.1) is 0 Å². The number of aromatic nitrogens is 1. The molecule has 0 saturated carbocycles. The van der Waals surface area contributed by atoms with Crippen molar-refractivity contribution in [2.24, 2.45) is 0 Å². The Kier molecular flexibility index (Phi) is 5.93. The third-order valence-corrected chi connectivity index (χ3v) is 5.91. The Balaban J connectivity index is 1.30. The monoisotopic (exact) mass is 412 g/mol. The van der Waals surface area contributed by atoms with Crippen molar-refractivity contribution in [2.75, 3.05) is 11.9 Å². The number of carbonyl (C=O) groups is 1. The summed E-state index contributed by atoms with van der Waals surface area (Å²) in [5, 5.41) is 4.11. The van der Waals surface area contributed by atoms with Crippen LogP contribution in [-0.2, 0) is 24.1 Å². The Morgan fingerprint density at radius 1 is 1.14 bits per heavy atom. The van der Waals surface area contributed by atoms with Crippen LogP contribution < -0.4 is 10.1 Å². The molecule has 1 aromatic heterocycles. The predicted molar refractivity (Wildman–Crippen MR) is 114 cm³/mol. The quantitative estimate of drug-likeness (QED) is 0.599. The zero-order valence-electron chi connectivity index (χ0n) is 15.4. The molecule has 0 bridgehead atoms. The predicted octanol–water partition coefficient (Wildman–Crippen LogP) is 5.28. The molecule has 0 unspecified atom stereocenters. The fraction of sp³-hybridized carbons (Fsp3) is 0.273. The van der Waals surface area contributed by atoms with Crippen LogP contribution in [0.15, 0.2) is 48.7 Å². The molecule has 1 heterocycles. The number of benzene rings is 2. The summed E-state index contributed by atoms with van der Waals surface area (Å²) in [7, 11) is 0. The number of hydrogen-bond acceptors (Lipinski definition) is 4. The first-order valence-electron chi connectivity index (χ1n) is 9.39. The minimum absolute atomic E-state index is 0.0258. The lowest BCUT2D eigenvalue weighted by atomic mass is 9.92. The fourth-order valence-corrected chi connectivity index (χ4v) is 4.47. The minimum Gasteiger partial charge on any atom is -0.484 e. The molecule has 1 aliphatic carbocycles. The molecule has 0 aliphatic heterocycles. The van der Waals surface area contributed by atoms with E-state index in [1.165, 1.54) is 35.3 Å². The van der Waals surface area contributed by atoms with E-state index in [1.54, 1.807) is 6.20 Å². The first-order valence-corrected chi connectivity index (χ1v) is 10.6. The standard InChI is InChI=1S/C22H21ClN2O2S/c23-18-7-3-4-15(10-18)11-20-13-24-22(28-20)25-21(26)14-27-19-9-8-16-5-1-2-6-17(16)12-19/h3-4,7-10,12-13H,1-2,5-6,11,14H2,(H,24,25,26). The van der Waals surface area contributed by atoms with Gasteiger partial charge >= 0.3 is 0 Å². The van der Waals surface area contributed by atoms with E-state index in [0.717, 1.165) is 40.5 Å². The smallest absolute Gasteiger partial charge is 0.264 e. The molecular weight excluding hydrogens is 392 g/mol. The molecule has 28 heavy (non-hydrogen) atoms. The lowest BCUT2D eigenvalue weighted by molar-refractivity contribution is -0.118. The highest BCUT2D eigenvalue weighted by Gasteiger charge is 2.12. The normalized spacial score (nSPS) is 13.0. The molecule has 6 heteroatoms. The number of nitrogens with one attached hydrogen (secondary N) is 1. The number of rotatable bonds is 6. The molecule has 1 aliphatic rings. The van der Waals surface area contributed by atoms with E-state index < -0.39 is 0 Å². The molecule has 1 N–H and O–H groups in total. The minimum atomic E-state index is -0.207. The molecule has 1 amide bonds. The number of nitrogens with zero attached hydrogens (tertiary/aromatic N) is 1. The lowest BCUT2D eigenvalue weighted by Gasteiger charge is -2.16. The van der Waals surface area contributed by atoms with Crippen molar-refractivity contribution in [3.63, 3.8) is 0 Å². The number of carbonyl (C=O) groups excluding carboxylic acids is 1. The molecule has 2 aromatic carbocycles. The number of thiazole rings is 1. The maximum atomic E-state index is 12.2. The van der Waals surface area contributed by atoms with Gasteiger partial charge < -0.3 is 4.74 Å². The summed E-state index contributed by atoms with van der Waals surface area (Å²) in [5.74, 6) is 0.540. The Morgan fingerprint density at radius 3 is 2.86 bits per heavy atom. The van der Waals surface area contributed by atoms with Crippen molar-refractivity contribution < 1.29 is 9.53 Å². The molecule has 4 rings (SSSR count). The highest BCUT2D eigenvalue weighted by Crippen LogP contribution is 2.26. The second-order valence-corrected chi connectivity index (χ2v) is 8.46. The van der Waals surface area contributed by atoms with E-state index in [-0.39, 0.29) is 12.5 Å². The van der Waals surface area contributed by atoms with Crippen LogP contribution in [0.2, 0.25) is 5.02 Å². The highest BCUT2D eigenvalue weighted by atomic mass is 35.5.